The second-order valence-electron chi connectivity index (χ2n) is 14.6. The molecule has 0 aliphatic heterocycles. The van der Waals surface area contributed by atoms with E-state index >= 15 is 0 Å². The molecule has 0 heterocycles. The fourth-order valence-corrected chi connectivity index (χ4v) is 5.78. The minimum atomic E-state index is -4.38. The van der Waals surface area contributed by atoms with Crippen molar-refractivity contribution in [2.45, 2.75) is 148 Å². The Morgan fingerprint density at radius 1 is 0.574 bits per heavy atom. The van der Waals surface area contributed by atoms with Crippen LogP contribution >= 0.6 is 7.82 Å². The van der Waals surface area contributed by atoms with Gasteiger partial charge >= 0.3 is 19.8 Å². The molecule has 2 atom stereocenters. The van der Waals surface area contributed by atoms with Crippen LogP contribution in [0.5, 0.6) is 0 Å². The maximum atomic E-state index is 12.7. The predicted octanol–water partition coefficient (Wildman–Crippen LogP) is 11.5. The maximum Gasteiger partial charge on any atom is 0.472 e. The molecule has 0 bridgehead atoms. The van der Waals surface area contributed by atoms with Crippen molar-refractivity contribution in [2.75, 3.05) is 47.5 Å². The van der Waals surface area contributed by atoms with Crippen molar-refractivity contribution in [1.29, 1.82) is 0 Å². The summed E-state index contributed by atoms with van der Waals surface area (Å²) in [5.41, 5.74) is 0. The third-order valence-corrected chi connectivity index (χ3v) is 9.22. The first-order valence-electron chi connectivity index (χ1n) is 20.7. The van der Waals surface area contributed by atoms with E-state index in [-0.39, 0.29) is 26.1 Å². The summed E-state index contributed by atoms with van der Waals surface area (Å²) >= 11 is 0. The van der Waals surface area contributed by atoms with Gasteiger partial charge in [-0.2, -0.15) is 0 Å². The first-order valence-corrected chi connectivity index (χ1v) is 22.2. The van der Waals surface area contributed by atoms with Crippen LogP contribution in [0.2, 0.25) is 0 Å². The summed E-state index contributed by atoms with van der Waals surface area (Å²) in [5, 5.41) is 0. The Balaban J connectivity index is 4.47. The molecule has 0 aliphatic carbocycles. The van der Waals surface area contributed by atoms with Gasteiger partial charge in [0.15, 0.2) is 6.10 Å². The van der Waals surface area contributed by atoms with Crippen LogP contribution in [0.25, 0.3) is 0 Å². The first kappa shape index (κ1) is 51.5. The number of allylic oxidation sites excluding steroid dienone is 12. The third-order valence-electron chi connectivity index (χ3n) is 8.23. The number of unbranched alkanes of at least 4 members (excludes halogenated alkanes) is 10. The molecular weight excluding hydrogens is 701 g/mol. The molecule has 0 saturated heterocycles. The Labute approximate surface area is 329 Å². The van der Waals surface area contributed by atoms with Gasteiger partial charge in [-0.3, -0.25) is 18.6 Å². The van der Waals surface area contributed by atoms with Gasteiger partial charge in [-0.25, -0.2) is 4.57 Å². The predicted molar refractivity (Wildman–Crippen MR) is 224 cm³/mol. The summed E-state index contributed by atoms with van der Waals surface area (Å²) in [6.45, 7) is 4.13. The van der Waals surface area contributed by atoms with Crippen molar-refractivity contribution < 1.29 is 42.1 Å². The number of esters is 2. The van der Waals surface area contributed by atoms with Crippen LogP contribution in [0, 0.1) is 0 Å². The molecule has 310 valence electrons. The number of hydrogen-bond acceptors (Lipinski definition) is 7. The Hall–Kier alpha value is -2.55. The van der Waals surface area contributed by atoms with Gasteiger partial charge in [0.1, 0.15) is 19.8 Å². The molecule has 0 aromatic rings. The van der Waals surface area contributed by atoms with Gasteiger partial charge in [-0.05, 0) is 77.0 Å². The number of carbonyl (C=O) groups is 2. The van der Waals surface area contributed by atoms with E-state index in [4.69, 9.17) is 18.5 Å². The van der Waals surface area contributed by atoms with Gasteiger partial charge < -0.3 is 18.9 Å². The summed E-state index contributed by atoms with van der Waals surface area (Å²) < 4.78 is 34.2. The number of phosphoric ester groups is 1. The van der Waals surface area contributed by atoms with Crippen LogP contribution in [0.15, 0.2) is 72.9 Å². The molecule has 1 N–H and O–H groups in total. The maximum absolute atomic E-state index is 12.7. The van der Waals surface area contributed by atoms with E-state index in [2.05, 4.69) is 86.8 Å². The number of quaternary nitrogens is 1. The van der Waals surface area contributed by atoms with E-state index in [1.54, 1.807) is 0 Å². The van der Waals surface area contributed by atoms with Crippen molar-refractivity contribution in [2.24, 2.45) is 0 Å². The molecular formula is C44H77NO8P+. The van der Waals surface area contributed by atoms with E-state index in [9.17, 15) is 19.0 Å². The zero-order valence-electron chi connectivity index (χ0n) is 34.7. The number of nitrogens with zero attached hydrogens (tertiary/aromatic N) is 1. The summed E-state index contributed by atoms with van der Waals surface area (Å²) in [7, 11) is 1.44. The fourth-order valence-electron chi connectivity index (χ4n) is 5.04. The lowest BCUT2D eigenvalue weighted by Gasteiger charge is -2.24. The zero-order chi connectivity index (χ0) is 40.0. The van der Waals surface area contributed by atoms with E-state index < -0.39 is 32.5 Å². The van der Waals surface area contributed by atoms with Crippen LogP contribution in [-0.4, -0.2) is 74.9 Å². The average molecular weight is 779 g/mol. The lowest BCUT2D eigenvalue weighted by Crippen LogP contribution is -2.37. The highest BCUT2D eigenvalue weighted by atomic mass is 31.2. The molecule has 0 saturated carbocycles. The molecule has 0 fully saturated rings. The molecule has 54 heavy (non-hydrogen) atoms. The number of likely N-dealkylation sites (N-methyl/N-ethyl adjacent to an activating group) is 1. The van der Waals surface area contributed by atoms with Gasteiger partial charge in [0, 0.05) is 12.8 Å². The first-order chi connectivity index (χ1) is 26.0. The monoisotopic (exact) mass is 779 g/mol. The number of ether oxygens (including phenoxy) is 2. The number of rotatable bonds is 36. The second kappa shape index (κ2) is 36.1. The lowest BCUT2D eigenvalue weighted by atomic mass is 10.1. The number of phosphoric acid groups is 1. The van der Waals surface area contributed by atoms with Crippen LogP contribution in [0.1, 0.15) is 142 Å². The topological polar surface area (TPSA) is 108 Å². The van der Waals surface area contributed by atoms with Gasteiger partial charge in [0.2, 0.25) is 0 Å². The van der Waals surface area contributed by atoms with Crippen LogP contribution in [-0.2, 0) is 32.7 Å². The Morgan fingerprint density at radius 3 is 1.48 bits per heavy atom. The van der Waals surface area contributed by atoms with Gasteiger partial charge in [0.05, 0.1) is 27.7 Å². The van der Waals surface area contributed by atoms with E-state index in [0.717, 1.165) is 103 Å². The highest BCUT2D eigenvalue weighted by Gasteiger charge is 2.27. The molecule has 0 rings (SSSR count). The summed E-state index contributed by atoms with van der Waals surface area (Å²) in [4.78, 5) is 35.3. The van der Waals surface area contributed by atoms with Crippen LogP contribution in [0.3, 0.4) is 0 Å². The van der Waals surface area contributed by atoms with Crippen molar-refractivity contribution in [1.82, 2.24) is 0 Å². The van der Waals surface area contributed by atoms with E-state index in [0.29, 0.717) is 23.9 Å². The van der Waals surface area contributed by atoms with Crippen LogP contribution < -0.4 is 0 Å². The van der Waals surface area contributed by atoms with Gasteiger partial charge in [-0.1, -0.05) is 125 Å². The minimum absolute atomic E-state index is 0.0211. The summed E-state index contributed by atoms with van der Waals surface area (Å²) in [6, 6.07) is 0. The molecule has 10 heteroatoms. The van der Waals surface area contributed by atoms with Crippen molar-refractivity contribution in [3.05, 3.63) is 72.9 Å². The Morgan fingerprint density at radius 2 is 1.00 bits per heavy atom. The Kier molecular flexibility index (Phi) is 34.4. The molecule has 0 radical (unpaired) electrons. The normalized spacial score (nSPS) is 14.4. The van der Waals surface area contributed by atoms with E-state index in [1.165, 1.54) is 0 Å². The number of carbonyl (C=O) groups excluding carboxylic acids is 2. The molecule has 0 aromatic heterocycles. The summed E-state index contributed by atoms with van der Waals surface area (Å²) in [5.74, 6) is -0.847. The molecule has 0 aliphatic rings. The molecule has 9 nitrogen and oxygen atoms in total. The molecule has 0 amide bonds. The second-order valence-corrected chi connectivity index (χ2v) is 16.1. The minimum Gasteiger partial charge on any atom is -0.462 e. The Bertz CT molecular complexity index is 1150. The standard InChI is InChI=1S/C44H76NO8P/c1-6-8-10-12-14-16-18-20-22-24-26-28-30-32-34-36-43(46)50-40-42(41-52-54(48,49)51-39-38-45(3,4)5)53-44(47)37-35-33-31-29-27-25-23-21-19-17-15-13-11-9-7-2/h8-11,14-17,20-23,42H,6-7,12-13,18-19,24-41H2,1-5H3/p+1/b10-8+,11-9+,16-14+,17-15+,22-20+,23-21+. The lowest BCUT2D eigenvalue weighted by molar-refractivity contribution is -0.870. The van der Waals surface area contributed by atoms with Gasteiger partial charge in [0.25, 0.3) is 0 Å². The number of hydrogen-bond donors (Lipinski definition) is 1. The SMILES string of the molecule is CC/C=C/C/C=C/C/C=C/CCCCCCCC(=O)OCC(COP(=O)(O)OCC[N+](C)(C)C)OC(=O)CCCCCCC/C=C/C/C=C/C/C=C/CC. The van der Waals surface area contributed by atoms with Crippen molar-refractivity contribution in [3.63, 3.8) is 0 Å². The van der Waals surface area contributed by atoms with Crippen LogP contribution in [0.4, 0.5) is 0 Å². The average Bonchev–Trinajstić information content (AvgIpc) is 3.12. The van der Waals surface area contributed by atoms with E-state index in [1.807, 2.05) is 21.1 Å². The zero-order valence-corrected chi connectivity index (χ0v) is 35.6. The fraction of sp³-hybridized carbons (Fsp3) is 0.682. The molecule has 2 unspecified atom stereocenters. The largest absolute Gasteiger partial charge is 0.472 e. The summed E-state index contributed by atoms with van der Waals surface area (Å²) in [6.07, 6.45) is 43.8. The van der Waals surface area contributed by atoms with Crippen molar-refractivity contribution in [3.8, 4) is 0 Å². The van der Waals surface area contributed by atoms with Crippen molar-refractivity contribution >= 4 is 19.8 Å². The molecule has 0 aromatic carbocycles. The molecule has 0 spiro atoms. The quantitative estimate of drug-likeness (QED) is 0.0220. The highest BCUT2D eigenvalue weighted by molar-refractivity contribution is 7.47. The third kappa shape index (κ3) is 39.2. The highest BCUT2D eigenvalue weighted by Crippen LogP contribution is 2.43. The smallest absolute Gasteiger partial charge is 0.462 e. The van der Waals surface area contributed by atoms with Gasteiger partial charge in [-0.15, -0.1) is 0 Å².